The minimum Gasteiger partial charge on any atom is -0.465 e. The van der Waals surface area contributed by atoms with Gasteiger partial charge in [0.2, 0.25) is 0 Å². The normalized spacial score (nSPS) is 11.7. The molecule has 21 heavy (non-hydrogen) atoms. The molecule has 0 atom stereocenters. The second-order valence-electron chi connectivity index (χ2n) is 4.82. The summed E-state index contributed by atoms with van der Waals surface area (Å²) in [5.41, 5.74) is 6.62. The van der Waals surface area contributed by atoms with Crippen molar-refractivity contribution in [1.82, 2.24) is 0 Å². The molecule has 2 rings (SSSR count). The van der Waals surface area contributed by atoms with Gasteiger partial charge in [0.25, 0.3) is 10.0 Å². The number of halogens is 1. The van der Waals surface area contributed by atoms with Crippen LogP contribution in [0.3, 0.4) is 0 Å². The quantitative estimate of drug-likeness (QED) is 0.908. The number of hydrogen-bond acceptors (Lipinski definition) is 4. The lowest BCUT2D eigenvalue weighted by atomic mass is 10.2. The first-order chi connectivity index (χ1) is 9.76. The summed E-state index contributed by atoms with van der Waals surface area (Å²) in [5.74, 6) is 0.0324. The Hall–Kier alpha value is -1.86. The van der Waals surface area contributed by atoms with Crippen LogP contribution in [0.25, 0.3) is 0 Å². The zero-order valence-electron chi connectivity index (χ0n) is 12.0. The number of anilines is 1. The van der Waals surface area contributed by atoms with Crippen LogP contribution in [0.2, 0.25) is 0 Å². The maximum Gasteiger partial charge on any atom is 0.265 e. The first-order valence-electron chi connectivity index (χ1n) is 6.34. The van der Waals surface area contributed by atoms with Gasteiger partial charge in [0.05, 0.1) is 5.69 Å². The number of benzene rings is 1. The van der Waals surface area contributed by atoms with Gasteiger partial charge in [-0.3, -0.25) is 4.72 Å². The SMILES string of the molecule is Cc1ccc(F)c(NS(=O)(=O)c2c(C)oc(C)c2CN)c1. The van der Waals surface area contributed by atoms with Crippen LogP contribution in [0.5, 0.6) is 0 Å². The van der Waals surface area contributed by atoms with E-state index < -0.39 is 15.8 Å². The molecule has 2 aromatic rings. The summed E-state index contributed by atoms with van der Waals surface area (Å²) in [4.78, 5) is -0.0246. The summed E-state index contributed by atoms with van der Waals surface area (Å²) in [5, 5.41) is 0. The molecule has 0 fully saturated rings. The molecule has 0 spiro atoms. The number of aryl methyl sites for hydroxylation is 3. The molecular weight excluding hydrogens is 295 g/mol. The van der Waals surface area contributed by atoms with Gasteiger partial charge in [-0.15, -0.1) is 0 Å². The Labute approximate surface area is 123 Å². The maximum atomic E-state index is 13.7. The summed E-state index contributed by atoms with van der Waals surface area (Å²) in [6.07, 6.45) is 0. The highest BCUT2D eigenvalue weighted by atomic mass is 32.2. The molecule has 1 heterocycles. The smallest absolute Gasteiger partial charge is 0.265 e. The van der Waals surface area contributed by atoms with E-state index in [-0.39, 0.29) is 22.9 Å². The van der Waals surface area contributed by atoms with E-state index in [2.05, 4.69) is 4.72 Å². The summed E-state index contributed by atoms with van der Waals surface area (Å²) in [6, 6.07) is 4.20. The predicted octanol–water partition coefficient (Wildman–Crippen LogP) is 2.60. The van der Waals surface area contributed by atoms with Gasteiger partial charge in [-0.05, 0) is 38.5 Å². The monoisotopic (exact) mass is 312 g/mol. The van der Waals surface area contributed by atoms with Gasteiger partial charge in [0, 0.05) is 12.1 Å². The second kappa shape index (κ2) is 5.50. The number of rotatable bonds is 4. The lowest BCUT2D eigenvalue weighted by Crippen LogP contribution is -2.17. The largest absolute Gasteiger partial charge is 0.465 e. The van der Waals surface area contributed by atoms with E-state index in [0.29, 0.717) is 11.3 Å². The Kier molecular flexibility index (Phi) is 4.06. The van der Waals surface area contributed by atoms with E-state index in [1.54, 1.807) is 19.9 Å². The Morgan fingerprint density at radius 2 is 1.90 bits per heavy atom. The Bertz CT molecular complexity index is 782. The lowest BCUT2D eigenvalue weighted by Gasteiger charge is -2.10. The number of sulfonamides is 1. The molecule has 0 unspecified atom stereocenters. The fourth-order valence-electron chi connectivity index (χ4n) is 2.21. The third kappa shape index (κ3) is 2.93. The van der Waals surface area contributed by atoms with Gasteiger partial charge >= 0.3 is 0 Å². The first-order valence-corrected chi connectivity index (χ1v) is 7.82. The van der Waals surface area contributed by atoms with Crippen LogP contribution >= 0.6 is 0 Å². The van der Waals surface area contributed by atoms with Gasteiger partial charge in [-0.2, -0.15) is 0 Å². The summed E-state index contributed by atoms with van der Waals surface area (Å²) in [6.45, 7) is 4.94. The average Bonchev–Trinajstić information content (AvgIpc) is 2.68. The minimum absolute atomic E-state index is 0.0235. The maximum absolute atomic E-state index is 13.7. The van der Waals surface area contributed by atoms with E-state index in [0.717, 1.165) is 5.56 Å². The average molecular weight is 312 g/mol. The van der Waals surface area contributed by atoms with Crippen molar-refractivity contribution in [3.8, 4) is 0 Å². The molecule has 0 bridgehead atoms. The van der Waals surface area contributed by atoms with E-state index in [1.807, 2.05) is 0 Å². The molecule has 0 amide bonds. The highest BCUT2D eigenvalue weighted by Gasteiger charge is 2.27. The molecule has 3 N–H and O–H groups in total. The van der Waals surface area contributed by atoms with Crippen LogP contribution < -0.4 is 10.5 Å². The zero-order valence-corrected chi connectivity index (χ0v) is 12.8. The standard InChI is InChI=1S/C14H17FN2O3S/c1-8-4-5-12(15)13(6-8)17-21(18,19)14-10(3)20-9(2)11(14)7-16/h4-6,17H,7,16H2,1-3H3. The molecule has 7 heteroatoms. The fourth-order valence-corrected chi connectivity index (χ4v) is 3.73. The van der Waals surface area contributed by atoms with Crippen LogP contribution in [0.4, 0.5) is 10.1 Å². The molecule has 0 aliphatic heterocycles. The van der Waals surface area contributed by atoms with Crippen LogP contribution in [-0.2, 0) is 16.6 Å². The van der Waals surface area contributed by atoms with Gasteiger partial charge in [0.1, 0.15) is 22.2 Å². The van der Waals surface area contributed by atoms with Crippen molar-refractivity contribution in [1.29, 1.82) is 0 Å². The van der Waals surface area contributed by atoms with E-state index in [1.165, 1.54) is 19.1 Å². The molecule has 114 valence electrons. The van der Waals surface area contributed by atoms with Gasteiger partial charge in [-0.25, -0.2) is 12.8 Å². The van der Waals surface area contributed by atoms with Crippen molar-refractivity contribution in [3.05, 3.63) is 46.7 Å². The predicted molar refractivity (Wildman–Crippen MR) is 78.0 cm³/mol. The molecule has 5 nitrogen and oxygen atoms in total. The number of nitrogens with two attached hydrogens (primary N) is 1. The summed E-state index contributed by atoms with van der Waals surface area (Å²) in [7, 11) is -3.97. The van der Waals surface area contributed by atoms with Crippen LogP contribution in [-0.4, -0.2) is 8.42 Å². The highest BCUT2D eigenvalue weighted by molar-refractivity contribution is 7.92. The van der Waals surface area contributed by atoms with E-state index >= 15 is 0 Å². The zero-order chi connectivity index (χ0) is 15.8. The van der Waals surface area contributed by atoms with Crippen molar-refractivity contribution < 1.29 is 17.2 Å². The van der Waals surface area contributed by atoms with Gasteiger partial charge < -0.3 is 10.2 Å². The Morgan fingerprint density at radius 1 is 1.24 bits per heavy atom. The molecule has 0 radical (unpaired) electrons. The topological polar surface area (TPSA) is 85.3 Å². The van der Waals surface area contributed by atoms with Crippen molar-refractivity contribution in [3.63, 3.8) is 0 Å². The molecule has 0 aliphatic rings. The number of furan rings is 1. The van der Waals surface area contributed by atoms with Crippen LogP contribution in [0.1, 0.15) is 22.6 Å². The Balaban J connectivity index is 2.51. The van der Waals surface area contributed by atoms with Crippen molar-refractivity contribution in [2.24, 2.45) is 5.73 Å². The summed E-state index contributed by atoms with van der Waals surface area (Å²) < 4.78 is 46.3. The summed E-state index contributed by atoms with van der Waals surface area (Å²) >= 11 is 0. The van der Waals surface area contributed by atoms with E-state index in [4.69, 9.17) is 10.2 Å². The third-order valence-corrected chi connectivity index (χ3v) is 4.72. The lowest BCUT2D eigenvalue weighted by molar-refractivity contribution is 0.494. The van der Waals surface area contributed by atoms with E-state index in [9.17, 15) is 12.8 Å². The van der Waals surface area contributed by atoms with Gasteiger partial charge in [0.15, 0.2) is 0 Å². The van der Waals surface area contributed by atoms with Crippen LogP contribution in [0, 0.1) is 26.6 Å². The molecule has 1 aromatic heterocycles. The number of hydrogen-bond donors (Lipinski definition) is 2. The minimum atomic E-state index is -3.97. The molecular formula is C14H17FN2O3S. The third-order valence-electron chi connectivity index (χ3n) is 3.16. The van der Waals surface area contributed by atoms with Crippen molar-refractivity contribution >= 4 is 15.7 Å². The fraction of sp³-hybridized carbons (Fsp3) is 0.286. The first kappa shape index (κ1) is 15.5. The van der Waals surface area contributed by atoms with Gasteiger partial charge in [-0.1, -0.05) is 6.07 Å². The number of nitrogens with one attached hydrogen (secondary N) is 1. The molecule has 0 aliphatic carbocycles. The molecule has 0 saturated carbocycles. The van der Waals surface area contributed by atoms with Crippen molar-refractivity contribution in [2.45, 2.75) is 32.2 Å². The highest BCUT2D eigenvalue weighted by Crippen LogP contribution is 2.28. The van der Waals surface area contributed by atoms with Crippen molar-refractivity contribution in [2.75, 3.05) is 4.72 Å². The Morgan fingerprint density at radius 3 is 2.52 bits per heavy atom. The molecule has 1 aromatic carbocycles. The van der Waals surface area contributed by atoms with Crippen LogP contribution in [0.15, 0.2) is 27.5 Å². The second-order valence-corrected chi connectivity index (χ2v) is 6.43. The molecule has 0 saturated heterocycles.